The van der Waals surface area contributed by atoms with Gasteiger partial charge in [-0.1, -0.05) is 12.1 Å². The molecule has 0 aromatic heterocycles. The molecule has 0 radical (unpaired) electrons. The Labute approximate surface area is 136 Å². The van der Waals surface area contributed by atoms with Crippen LogP contribution in [-0.2, 0) is 4.79 Å². The molecule has 1 N–H and O–H groups in total. The predicted octanol–water partition coefficient (Wildman–Crippen LogP) is 2.46. The third-order valence-electron chi connectivity index (χ3n) is 4.20. The van der Waals surface area contributed by atoms with Crippen LogP contribution in [0.3, 0.4) is 0 Å². The first kappa shape index (κ1) is 17.1. The molecule has 1 fully saturated rings. The summed E-state index contributed by atoms with van der Waals surface area (Å²) in [6, 6.07) is 6.21. The van der Waals surface area contributed by atoms with Gasteiger partial charge in [-0.05, 0) is 57.0 Å². The van der Waals surface area contributed by atoms with E-state index in [4.69, 9.17) is 0 Å². The Morgan fingerprint density at radius 1 is 1.43 bits per heavy atom. The Bertz CT molecular complexity index is 578. The minimum atomic E-state index is -0.445. The average Bonchev–Trinajstić information content (AvgIpc) is 2.55. The van der Waals surface area contributed by atoms with Gasteiger partial charge in [-0.2, -0.15) is 0 Å². The predicted molar refractivity (Wildman–Crippen MR) is 90.0 cm³/mol. The molecular formula is C17H23N3O3. The third-order valence-corrected chi connectivity index (χ3v) is 4.20. The van der Waals surface area contributed by atoms with E-state index >= 15 is 0 Å². The summed E-state index contributed by atoms with van der Waals surface area (Å²) in [6.07, 6.45) is 6.40. The molecule has 6 nitrogen and oxygen atoms in total. The van der Waals surface area contributed by atoms with Crippen molar-refractivity contribution in [3.8, 4) is 0 Å². The lowest BCUT2D eigenvalue weighted by molar-refractivity contribution is -0.384. The zero-order chi connectivity index (χ0) is 16.7. The third kappa shape index (κ3) is 5.83. The minimum absolute atomic E-state index is 0.0230. The maximum atomic E-state index is 11.8. The highest BCUT2D eigenvalue weighted by molar-refractivity contribution is 5.91. The number of carbonyl (C=O) groups excluding carboxylic acids is 1. The van der Waals surface area contributed by atoms with Crippen LogP contribution in [-0.4, -0.2) is 42.4 Å². The Morgan fingerprint density at radius 2 is 2.17 bits per heavy atom. The van der Waals surface area contributed by atoms with E-state index in [2.05, 4.69) is 17.3 Å². The first-order valence-electron chi connectivity index (χ1n) is 7.93. The van der Waals surface area contributed by atoms with Gasteiger partial charge in [0.25, 0.3) is 5.69 Å². The Balaban J connectivity index is 1.74. The monoisotopic (exact) mass is 317 g/mol. The Hall–Kier alpha value is -2.21. The Kier molecular flexibility index (Phi) is 6.29. The number of benzene rings is 1. The van der Waals surface area contributed by atoms with Crippen molar-refractivity contribution in [1.82, 2.24) is 10.2 Å². The molecule has 1 aliphatic heterocycles. The second-order valence-electron chi connectivity index (χ2n) is 6.01. The van der Waals surface area contributed by atoms with Crippen molar-refractivity contribution in [3.63, 3.8) is 0 Å². The van der Waals surface area contributed by atoms with E-state index in [1.807, 2.05) is 0 Å². The summed E-state index contributed by atoms with van der Waals surface area (Å²) in [5.74, 6) is 0.525. The summed E-state index contributed by atoms with van der Waals surface area (Å²) < 4.78 is 0. The van der Waals surface area contributed by atoms with Gasteiger partial charge in [0.05, 0.1) is 4.92 Å². The SMILES string of the molecule is CN1CCC(CCNC(=O)/C=C/c2cccc([N+](=O)[O-])c2)CC1. The van der Waals surface area contributed by atoms with Crippen LogP contribution >= 0.6 is 0 Å². The molecule has 0 spiro atoms. The number of piperidine rings is 1. The summed E-state index contributed by atoms with van der Waals surface area (Å²) >= 11 is 0. The summed E-state index contributed by atoms with van der Waals surface area (Å²) in [4.78, 5) is 24.4. The number of hydrogen-bond donors (Lipinski definition) is 1. The average molecular weight is 317 g/mol. The highest BCUT2D eigenvalue weighted by Crippen LogP contribution is 2.18. The first-order chi connectivity index (χ1) is 11.0. The number of amides is 1. The van der Waals surface area contributed by atoms with Gasteiger partial charge in [-0.15, -0.1) is 0 Å². The number of hydrogen-bond acceptors (Lipinski definition) is 4. The molecule has 0 aliphatic carbocycles. The molecule has 0 atom stereocenters. The highest BCUT2D eigenvalue weighted by Gasteiger charge is 2.16. The van der Waals surface area contributed by atoms with Gasteiger partial charge in [0.1, 0.15) is 0 Å². The van der Waals surface area contributed by atoms with Gasteiger partial charge in [0, 0.05) is 24.8 Å². The molecular weight excluding hydrogens is 294 g/mol. The normalized spacial score (nSPS) is 16.6. The Morgan fingerprint density at radius 3 is 2.87 bits per heavy atom. The van der Waals surface area contributed by atoms with E-state index in [0.717, 1.165) is 19.5 Å². The van der Waals surface area contributed by atoms with E-state index in [1.165, 1.54) is 31.1 Å². The number of nitrogens with zero attached hydrogens (tertiary/aromatic N) is 2. The van der Waals surface area contributed by atoms with Crippen molar-refractivity contribution in [2.24, 2.45) is 5.92 Å². The number of nitrogens with one attached hydrogen (secondary N) is 1. The van der Waals surface area contributed by atoms with Crippen LogP contribution < -0.4 is 5.32 Å². The topological polar surface area (TPSA) is 75.5 Å². The van der Waals surface area contributed by atoms with E-state index in [1.54, 1.807) is 18.2 Å². The van der Waals surface area contributed by atoms with Crippen molar-refractivity contribution in [1.29, 1.82) is 0 Å². The molecule has 1 amide bonds. The van der Waals surface area contributed by atoms with E-state index in [-0.39, 0.29) is 11.6 Å². The van der Waals surface area contributed by atoms with Crippen molar-refractivity contribution in [2.45, 2.75) is 19.3 Å². The van der Waals surface area contributed by atoms with Gasteiger partial charge in [0.2, 0.25) is 5.91 Å². The molecule has 1 heterocycles. The van der Waals surface area contributed by atoms with Crippen molar-refractivity contribution < 1.29 is 9.72 Å². The summed E-state index contributed by atoms with van der Waals surface area (Å²) in [5, 5.41) is 13.6. The lowest BCUT2D eigenvalue weighted by Crippen LogP contribution is -2.32. The van der Waals surface area contributed by atoms with Crippen molar-refractivity contribution in [2.75, 3.05) is 26.7 Å². The van der Waals surface area contributed by atoms with Gasteiger partial charge >= 0.3 is 0 Å². The summed E-state index contributed by atoms with van der Waals surface area (Å²) in [6.45, 7) is 2.93. The van der Waals surface area contributed by atoms with Crippen LogP contribution in [0.5, 0.6) is 0 Å². The molecule has 0 saturated carbocycles. The number of nitro groups is 1. The molecule has 0 unspecified atom stereocenters. The maximum Gasteiger partial charge on any atom is 0.270 e. The number of non-ortho nitro benzene ring substituents is 1. The second-order valence-corrected chi connectivity index (χ2v) is 6.01. The zero-order valence-electron chi connectivity index (χ0n) is 13.4. The van der Waals surface area contributed by atoms with Crippen LogP contribution in [0.4, 0.5) is 5.69 Å². The lowest BCUT2D eigenvalue weighted by Gasteiger charge is -2.28. The molecule has 6 heteroatoms. The molecule has 1 saturated heterocycles. The van der Waals surface area contributed by atoms with Crippen LogP contribution in [0.2, 0.25) is 0 Å². The minimum Gasteiger partial charge on any atom is -0.353 e. The fourth-order valence-electron chi connectivity index (χ4n) is 2.72. The highest BCUT2D eigenvalue weighted by atomic mass is 16.6. The molecule has 124 valence electrons. The van der Waals surface area contributed by atoms with E-state index in [0.29, 0.717) is 18.0 Å². The first-order valence-corrected chi connectivity index (χ1v) is 7.93. The molecule has 1 aromatic carbocycles. The number of likely N-dealkylation sites (tertiary alicyclic amines) is 1. The van der Waals surface area contributed by atoms with Gasteiger partial charge < -0.3 is 10.2 Å². The zero-order valence-corrected chi connectivity index (χ0v) is 13.4. The number of nitro benzene ring substituents is 1. The summed E-state index contributed by atoms with van der Waals surface area (Å²) in [5.41, 5.74) is 0.666. The van der Waals surface area contributed by atoms with E-state index < -0.39 is 4.92 Å². The molecule has 0 bridgehead atoms. The van der Waals surface area contributed by atoms with Crippen molar-refractivity contribution >= 4 is 17.7 Å². The fraction of sp³-hybridized carbons (Fsp3) is 0.471. The van der Waals surface area contributed by atoms with E-state index in [9.17, 15) is 14.9 Å². The molecule has 1 aromatic rings. The molecule has 2 rings (SSSR count). The van der Waals surface area contributed by atoms with Crippen molar-refractivity contribution in [3.05, 3.63) is 46.0 Å². The lowest BCUT2D eigenvalue weighted by atomic mass is 9.94. The standard InChI is InChI=1S/C17H23N3O3/c1-19-11-8-14(9-12-19)7-10-18-17(21)6-5-15-3-2-4-16(13-15)20(22)23/h2-6,13-14H,7-12H2,1H3,(H,18,21)/b6-5+. The van der Waals surface area contributed by atoms with Crippen LogP contribution in [0.15, 0.2) is 30.3 Å². The summed E-state index contributed by atoms with van der Waals surface area (Å²) in [7, 11) is 2.14. The van der Waals surface area contributed by atoms with Crippen LogP contribution in [0.25, 0.3) is 6.08 Å². The molecule has 23 heavy (non-hydrogen) atoms. The van der Waals surface area contributed by atoms with Gasteiger partial charge in [0.15, 0.2) is 0 Å². The second kappa shape index (κ2) is 8.43. The molecule has 1 aliphatic rings. The quantitative estimate of drug-likeness (QED) is 0.497. The fourth-order valence-corrected chi connectivity index (χ4v) is 2.72. The van der Waals surface area contributed by atoms with Gasteiger partial charge in [-0.3, -0.25) is 14.9 Å². The smallest absolute Gasteiger partial charge is 0.270 e. The number of carbonyl (C=O) groups is 1. The number of rotatable bonds is 6. The van der Waals surface area contributed by atoms with Crippen LogP contribution in [0.1, 0.15) is 24.8 Å². The largest absolute Gasteiger partial charge is 0.353 e. The maximum absolute atomic E-state index is 11.8. The van der Waals surface area contributed by atoms with Gasteiger partial charge in [-0.25, -0.2) is 0 Å². The van der Waals surface area contributed by atoms with Crippen LogP contribution in [0, 0.1) is 16.0 Å².